The Morgan fingerprint density at radius 2 is 2.12 bits per heavy atom. The Morgan fingerprint density at radius 1 is 1.35 bits per heavy atom. The quantitative estimate of drug-likeness (QED) is 0.910. The van der Waals surface area contributed by atoms with Crippen molar-refractivity contribution in [3.63, 3.8) is 0 Å². The number of carbonyl (C=O) groups is 1. The van der Waals surface area contributed by atoms with E-state index in [-0.39, 0.29) is 6.42 Å². The Kier molecular flexibility index (Phi) is 3.20. The van der Waals surface area contributed by atoms with Crippen molar-refractivity contribution in [2.24, 2.45) is 0 Å². The summed E-state index contributed by atoms with van der Waals surface area (Å²) < 4.78 is 5.12. The molecule has 0 atom stereocenters. The number of ether oxygens (including phenoxy) is 1. The smallest absolute Gasteiger partial charge is 0.307 e. The van der Waals surface area contributed by atoms with Gasteiger partial charge in [0.05, 0.1) is 18.6 Å². The standard InChI is InChI=1S/C13H11ClO3/c1-17-11-5-3-9-6-8(7-12(15)16)2-4-10(9)13(11)14/h2-6H,7H2,1H3,(H,15,16). The molecular formula is C13H11ClO3. The number of aliphatic carboxylic acids is 1. The summed E-state index contributed by atoms with van der Waals surface area (Å²) in [6, 6.07) is 9.05. The van der Waals surface area contributed by atoms with Crippen LogP contribution in [0.5, 0.6) is 5.75 Å². The first kappa shape index (κ1) is 11.7. The predicted octanol–water partition coefficient (Wildman–Crippen LogP) is 3.13. The fourth-order valence-corrected chi connectivity index (χ4v) is 2.08. The van der Waals surface area contributed by atoms with Gasteiger partial charge in [-0.25, -0.2) is 0 Å². The minimum Gasteiger partial charge on any atom is -0.495 e. The molecule has 0 aliphatic heterocycles. The third-order valence-electron chi connectivity index (χ3n) is 2.56. The first-order valence-electron chi connectivity index (χ1n) is 5.08. The molecule has 1 N–H and O–H groups in total. The number of benzene rings is 2. The van der Waals surface area contributed by atoms with E-state index in [0.717, 1.165) is 16.3 Å². The highest BCUT2D eigenvalue weighted by Gasteiger charge is 2.07. The number of carboxylic acids is 1. The van der Waals surface area contributed by atoms with Crippen LogP contribution in [0.4, 0.5) is 0 Å². The molecule has 0 spiro atoms. The number of methoxy groups -OCH3 is 1. The van der Waals surface area contributed by atoms with Gasteiger partial charge in [0.15, 0.2) is 0 Å². The number of fused-ring (bicyclic) bond motifs is 1. The van der Waals surface area contributed by atoms with Gasteiger partial charge in [-0.3, -0.25) is 4.79 Å². The number of rotatable bonds is 3. The molecule has 2 rings (SSSR count). The summed E-state index contributed by atoms with van der Waals surface area (Å²) in [5.74, 6) is -0.228. The second-order valence-corrected chi connectivity index (χ2v) is 4.09. The molecule has 3 nitrogen and oxygen atoms in total. The van der Waals surface area contributed by atoms with Crippen LogP contribution >= 0.6 is 11.6 Å². The minimum atomic E-state index is -0.844. The number of halogens is 1. The third kappa shape index (κ3) is 2.34. The third-order valence-corrected chi connectivity index (χ3v) is 2.95. The van der Waals surface area contributed by atoms with Crippen LogP contribution in [0.15, 0.2) is 30.3 Å². The average Bonchev–Trinajstić information content (AvgIpc) is 2.28. The molecular weight excluding hydrogens is 240 g/mol. The van der Waals surface area contributed by atoms with Gasteiger partial charge >= 0.3 is 5.97 Å². The van der Waals surface area contributed by atoms with Gasteiger partial charge in [0.25, 0.3) is 0 Å². The number of carboxylic acid groups (broad SMARTS) is 1. The van der Waals surface area contributed by atoms with Gasteiger partial charge in [0.2, 0.25) is 0 Å². The van der Waals surface area contributed by atoms with Crippen LogP contribution in [0.2, 0.25) is 5.02 Å². The monoisotopic (exact) mass is 250 g/mol. The lowest BCUT2D eigenvalue weighted by Gasteiger charge is -2.07. The second-order valence-electron chi connectivity index (χ2n) is 3.71. The van der Waals surface area contributed by atoms with E-state index in [2.05, 4.69) is 0 Å². The summed E-state index contributed by atoms with van der Waals surface area (Å²) in [5.41, 5.74) is 0.756. The summed E-state index contributed by atoms with van der Waals surface area (Å²) in [4.78, 5) is 10.6. The van der Waals surface area contributed by atoms with Crippen LogP contribution in [-0.2, 0) is 11.2 Å². The molecule has 0 aromatic heterocycles. The molecule has 0 aliphatic carbocycles. The van der Waals surface area contributed by atoms with Crippen molar-refractivity contribution < 1.29 is 14.6 Å². The molecule has 88 valence electrons. The Morgan fingerprint density at radius 3 is 2.76 bits per heavy atom. The van der Waals surface area contributed by atoms with Crippen LogP contribution in [0.3, 0.4) is 0 Å². The zero-order valence-corrected chi connectivity index (χ0v) is 9.99. The van der Waals surface area contributed by atoms with Crippen LogP contribution in [0, 0.1) is 0 Å². The molecule has 4 heteroatoms. The maximum Gasteiger partial charge on any atom is 0.307 e. The Balaban J connectivity index is 2.53. The molecule has 0 saturated heterocycles. The van der Waals surface area contributed by atoms with Gasteiger partial charge in [0.1, 0.15) is 5.75 Å². The highest BCUT2D eigenvalue weighted by Crippen LogP contribution is 2.32. The largest absolute Gasteiger partial charge is 0.495 e. The number of hydrogen-bond acceptors (Lipinski definition) is 2. The predicted molar refractivity (Wildman–Crippen MR) is 66.8 cm³/mol. The van der Waals surface area contributed by atoms with Crippen molar-refractivity contribution in [3.05, 3.63) is 40.9 Å². The van der Waals surface area contributed by atoms with E-state index >= 15 is 0 Å². The summed E-state index contributed by atoms with van der Waals surface area (Å²) in [6.07, 6.45) is 0.0135. The first-order valence-corrected chi connectivity index (χ1v) is 5.46. The van der Waals surface area contributed by atoms with Crippen LogP contribution in [0.25, 0.3) is 10.8 Å². The van der Waals surface area contributed by atoms with Crippen molar-refractivity contribution in [2.75, 3.05) is 7.11 Å². The molecule has 2 aromatic rings. The van der Waals surface area contributed by atoms with E-state index < -0.39 is 5.97 Å². The van der Waals surface area contributed by atoms with E-state index in [0.29, 0.717) is 10.8 Å². The molecule has 0 amide bonds. The van der Waals surface area contributed by atoms with Crippen molar-refractivity contribution >= 4 is 28.3 Å². The molecule has 2 aromatic carbocycles. The molecule has 0 aliphatic rings. The zero-order chi connectivity index (χ0) is 12.4. The van der Waals surface area contributed by atoms with Crippen molar-refractivity contribution in [1.29, 1.82) is 0 Å². The minimum absolute atomic E-state index is 0.0135. The van der Waals surface area contributed by atoms with E-state index in [1.807, 2.05) is 18.2 Å². The van der Waals surface area contributed by atoms with Gasteiger partial charge in [0, 0.05) is 5.39 Å². The van der Waals surface area contributed by atoms with Gasteiger partial charge in [-0.2, -0.15) is 0 Å². The Bertz CT molecular complexity index is 578. The molecule has 17 heavy (non-hydrogen) atoms. The summed E-state index contributed by atoms with van der Waals surface area (Å²) in [5, 5.41) is 11.1. The Hall–Kier alpha value is -1.74. The zero-order valence-electron chi connectivity index (χ0n) is 9.24. The lowest BCUT2D eigenvalue weighted by molar-refractivity contribution is -0.136. The summed E-state index contributed by atoms with van der Waals surface area (Å²) >= 11 is 6.16. The van der Waals surface area contributed by atoms with E-state index in [1.54, 1.807) is 19.2 Å². The first-order chi connectivity index (χ1) is 8.11. The topological polar surface area (TPSA) is 46.5 Å². The fourth-order valence-electron chi connectivity index (χ4n) is 1.76. The maximum absolute atomic E-state index is 10.6. The van der Waals surface area contributed by atoms with Crippen LogP contribution < -0.4 is 4.74 Å². The Labute approximate surface area is 104 Å². The van der Waals surface area contributed by atoms with E-state index in [1.165, 1.54) is 0 Å². The molecule has 0 radical (unpaired) electrons. The van der Waals surface area contributed by atoms with Crippen LogP contribution in [-0.4, -0.2) is 18.2 Å². The average molecular weight is 251 g/mol. The van der Waals surface area contributed by atoms with E-state index in [9.17, 15) is 4.79 Å². The van der Waals surface area contributed by atoms with Gasteiger partial charge in [-0.15, -0.1) is 0 Å². The van der Waals surface area contributed by atoms with Crippen molar-refractivity contribution in [1.82, 2.24) is 0 Å². The molecule has 0 fully saturated rings. The SMILES string of the molecule is COc1ccc2cc(CC(=O)O)ccc2c1Cl. The second kappa shape index (κ2) is 4.63. The summed E-state index contributed by atoms with van der Waals surface area (Å²) in [7, 11) is 1.56. The van der Waals surface area contributed by atoms with Crippen molar-refractivity contribution in [3.8, 4) is 5.75 Å². The van der Waals surface area contributed by atoms with Gasteiger partial charge < -0.3 is 9.84 Å². The highest BCUT2D eigenvalue weighted by molar-refractivity contribution is 6.37. The maximum atomic E-state index is 10.6. The van der Waals surface area contributed by atoms with Crippen LogP contribution in [0.1, 0.15) is 5.56 Å². The normalized spacial score (nSPS) is 10.5. The van der Waals surface area contributed by atoms with Crippen molar-refractivity contribution in [2.45, 2.75) is 6.42 Å². The molecule has 0 saturated carbocycles. The number of hydrogen-bond donors (Lipinski definition) is 1. The van der Waals surface area contributed by atoms with E-state index in [4.69, 9.17) is 21.4 Å². The summed E-state index contributed by atoms with van der Waals surface area (Å²) in [6.45, 7) is 0. The molecule has 0 bridgehead atoms. The lowest BCUT2D eigenvalue weighted by atomic mass is 10.0. The lowest BCUT2D eigenvalue weighted by Crippen LogP contribution is -1.99. The van der Waals surface area contributed by atoms with Gasteiger partial charge in [-0.1, -0.05) is 35.9 Å². The van der Waals surface area contributed by atoms with Gasteiger partial charge in [-0.05, 0) is 17.0 Å². The fraction of sp³-hybridized carbons (Fsp3) is 0.154. The molecule has 0 unspecified atom stereocenters. The molecule has 0 heterocycles. The highest BCUT2D eigenvalue weighted by atomic mass is 35.5.